The molecule has 1 aliphatic rings. The van der Waals surface area contributed by atoms with Crippen LogP contribution in [-0.2, 0) is 16.9 Å². The zero-order chi connectivity index (χ0) is 24.1. The Morgan fingerprint density at radius 1 is 1.15 bits per heavy atom. The number of aliphatic hydroxyl groups is 2. The highest BCUT2D eigenvalue weighted by molar-refractivity contribution is 6.07. The second-order valence-corrected chi connectivity index (χ2v) is 8.55. The number of hydrogen-bond donors (Lipinski definition) is 2. The summed E-state index contributed by atoms with van der Waals surface area (Å²) in [6.07, 6.45) is 8.00. The van der Waals surface area contributed by atoms with Gasteiger partial charge >= 0.3 is 0 Å². The highest BCUT2D eigenvalue weighted by atomic mass is 16.3. The van der Waals surface area contributed by atoms with E-state index in [1.807, 2.05) is 79.9 Å². The SMILES string of the molecule is C=CCN1C(=O)[C@](O)([C@H](C)/C=C/CCn2cc(C(CO)c3ccccc3)nn2)c2ccccc21. The number of carbonyl (C=O) groups excluding carboxylic acids is 1. The zero-order valence-corrected chi connectivity index (χ0v) is 19.3. The van der Waals surface area contributed by atoms with Crippen molar-refractivity contribution in [3.63, 3.8) is 0 Å². The Labute approximate surface area is 199 Å². The number of aliphatic hydroxyl groups excluding tert-OH is 1. The summed E-state index contributed by atoms with van der Waals surface area (Å²) in [5.41, 5.74) is 1.44. The average Bonchev–Trinajstić information content (AvgIpc) is 3.41. The van der Waals surface area contributed by atoms with Crippen LogP contribution in [0.5, 0.6) is 0 Å². The number of para-hydroxylation sites is 1. The molecule has 1 unspecified atom stereocenters. The summed E-state index contributed by atoms with van der Waals surface area (Å²) in [6, 6.07) is 17.1. The van der Waals surface area contributed by atoms with Crippen molar-refractivity contribution in [2.24, 2.45) is 5.92 Å². The smallest absolute Gasteiger partial charge is 0.264 e. The van der Waals surface area contributed by atoms with Gasteiger partial charge in [0.15, 0.2) is 5.60 Å². The number of aryl methyl sites for hydroxylation is 1. The summed E-state index contributed by atoms with van der Waals surface area (Å²) in [5.74, 6) is -0.964. The molecule has 0 radical (unpaired) electrons. The molecule has 0 spiro atoms. The summed E-state index contributed by atoms with van der Waals surface area (Å²) in [6.45, 7) is 6.48. The Morgan fingerprint density at radius 2 is 1.88 bits per heavy atom. The number of rotatable bonds is 10. The molecule has 1 aromatic heterocycles. The molecule has 0 saturated carbocycles. The van der Waals surface area contributed by atoms with Gasteiger partial charge < -0.3 is 15.1 Å². The summed E-state index contributed by atoms with van der Waals surface area (Å²) < 4.78 is 1.74. The number of carbonyl (C=O) groups is 1. The van der Waals surface area contributed by atoms with Crippen molar-refractivity contribution in [2.45, 2.75) is 31.4 Å². The number of anilines is 1. The molecule has 0 fully saturated rings. The number of benzene rings is 2. The highest BCUT2D eigenvalue weighted by Gasteiger charge is 2.51. The maximum Gasteiger partial charge on any atom is 0.264 e. The van der Waals surface area contributed by atoms with Crippen LogP contribution < -0.4 is 4.90 Å². The van der Waals surface area contributed by atoms with E-state index >= 15 is 0 Å². The fourth-order valence-corrected chi connectivity index (χ4v) is 4.50. The lowest BCUT2D eigenvalue weighted by molar-refractivity contribution is -0.139. The number of hydrogen-bond acceptors (Lipinski definition) is 5. The predicted octanol–water partition coefficient (Wildman–Crippen LogP) is 3.41. The molecule has 3 atom stereocenters. The van der Waals surface area contributed by atoms with Crippen molar-refractivity contribution in [3.8, 4) is 0 Å². The molecule has 0 aliphatic carbocycles. The number of nitrogens with zero attached hydrogens (tertiary/aromatic N) is 4. The molecule has 1 aliphatic heterocycles. The van der Waals surface area contributed by atoms with Crippen molar-refractivity contribution in [1.82, 2.24) is 15.0 Å². The molecule has 2 aromatic carbocycles. The van der Waals surface area contributed by atoms with Crippen LogP contribution in [0.15, 0.2) is 85.6 Å². The highest BCUT2D eigenvalue weighted by Crippen LogP contribution is 2.44. The normalized spacial score (nSPS) is 19.4. The molecule has 7 heteroatoms. The molecule has 2 heterocycles. The van der Waals surface area contributed by atoms with Crippen LogP contribution in [0.2, 0.25) is 0 Å². The Bertz CT molecular complexity index is 1170. The lowest BCUT2D eigenvalue weighted by Crippen LogP contribution is -2.44. The lowest BCUT2D eigenvalue weighted by atomic mass is 9.83. The molecular formula is C27H30N4O3. The zero-order valence-electron chi connectivity index (χ0n) is 19.3. The Hall–Kier alpha value is -3.55. The van der Waals surface area contributed by atoms with Gasteiger partial charge in [-0.1, -0.05) is 78.9 Å². The van der Waals surface area contributed by atoms with Crippen LogP contribution in [0.4, 0.5) is 5.69 Å². The summed E-state index contributed by atoms with van der Waals surface area (Å²) >= 11 is 0. The van der Waals surface area contributed by atoms with Gasteiger partial charge in [-0.05, 0) is 18.1 Å². The van der Waals surface area contributed by atoms with Gasteiger partial charge in [-0.15, -0.1) is 11.7 Å². The largest absolute Gasteiger partial charge is 0.395 e. The van der Waals surface area contributed by atoms with E-state index in [-0.39, 0.29) is 18.4 Å². The van der Waals surface area contributed by atoms with Crippen molar-refractivity contribution >= 4 is 11.6 Å². The third-order valence-corrected chi connectivity index (χ3v) is 6.39. The maximum atomic E-state index is 13.1. The summed E-state index contributed by atoms with van der Waals surface area (Å²) in [5, 5.41) is 29.7. The van der Waals surface area contributed by atoms with Crippen LogP contribution in [-0.4, -0.2) is 44.3 Å². The van der Waals surface area contributed by atoms with E-state index in [0.29, 0.717) is 25.1 Å². The fraction of sp³-hybridized carbons (Fsp3) is 0.296. The third-order valence-electron chi connectivity index (χ3n) is 6.39. The molecular weight excluding hydrogens is 428 g/mol. The van der Waals surface area contributed by atoms with E-state index in [0.717, 1.165) is 16.9 Å². The molecule has 0 saturated heterocycles. The van der Waals surface area contributed by atoms with Crippen LogP contribution in [0, 0.1) is 5.92 Å². The van der Waals surface area contributed by atoms with E-state index in [1.54, 1.807) is 15.7 Å². The first kappa shape index (κ1) is 23.6. The topological polar surface area (TPSA) is 91.5 Å². The van der Waals surface area contributed by atoms with Gasteiger partial charge in [-0.25, -0.2) is 0 Å². The number of amides is 1. The van der Waals surface area contributed by atoms with Crippen LogP contribution in [0.25, 0.3) is 0 Å². The first-order valence-electron chi connectivity index (χ1n) is 11.5. The molecule has 4 rings (SSSR count). The lowest BCUT2D eigenvalue weighted by Gasteiger charge is -2.27. The summed E-state index contributed by atoms with van der Waals surface area (Å²) in [7, 11) is 0. The Kier molecular flexibility index (Phi) is 7.05. The van der Waals surface area contributed by atoms with Gasteiger partial charge in [-0.2, -0.15) is 0 Å². The maximum absolute atomic E-state index is 13.1. The molecule has 2 N–H and O–H groups in total. The minimum atomic E-state index is -1.61. The molecule has 34 heavy (non-hydrogen) atoms. The monoisotopic (exact) mass is 458 g/mol. The summed E-state index contributed by atoms with van der Waals surface area (Å²) in [4.78, 5) is 14.7. The number of fused-ring (bicyclic) bond motifs is 1. The van der Waals surface area contributed by atoms with Gasteiger partial charge in [0.1, 0.15) is 0 Å². The molecule has 3 aromatic rings. The van der Waals surface area contributed by atoms with E-state index in [9.17, 15) is 15.0 Å². The standard InChI is InChI=1S/C27H30N4O3/c1-3-16-31-25-15-8-7-14-23(25)27(34,26(31)33)20(2)11-9-10-17-30-18-24(28-29-30)22(19-32)21-12-5-4-6-13-21/h3-9,11-15,18,20,22,32,34H,1,10,16-17,19H2,2H3/b11-9+/t20-,22?,27+/m1/s1. The first-order chi connectivity index (χ1) is 16.5. The second-order valence-electron chi connectivity index (χ2n) is 8.55. The van der Waals surface area contributed by atoms with Gasteiger partial charge in [0.05, 0.1) is 23.9 Å². The first-order valence-corrected chi connectivity index (χ1v) is 11.5. The molecule has 1 amide bonds. The number of aromatic nitrogens is 3. The van der Waals surface area contributed by atoms with Crippen LogP contribution in [0.3, 0.4) is 0 Å². The van der Waals surface area contributed by atoms with Gasteiger partial charge in [0.25, 0.3) is 5.91 Å². The van der Waals surface area contributed by atoms with Crippen LogP contribution >= 0.6 is 0 Å². The van der Waals surface area contributed by atoms with Gasteiger partial charge in [0.2, 0.25) is 0 Å². The Balaban J connectivity index is 1.42. The quantitative estimate of drug-likeness (QED) is 0.455. The third kappa shape index (κ3) is 4.32. The fourth-order valence-electron chi connectivity index (χ4n) is 4.50. The average molecular weight is 459 g/mol. The van der Waals surface area contributed by atoms with E-state index in [1.165, 1.54) is 0 Å². The minimum absolute atomic E-state index is 0.0446. The van der Waals surface area contributed by atoms with Crippen molar-refractivity contribution in [3.05, 3.63) is 102 Å². The van der Waals surface area contributed by atoms with Crippen molar-refractivity contribution < 1.29 is 15.0 Å². The van der Waals surface area contributed by atoms with Gasteiger partial charge in [0, 0.05) is 30.8 Å². The van der Waals surface area contributed by atoms with E-state index < -0.39 is 11.5 Å². The van der Waals surface area contributed by atoms with E-state index in [4.69, 9.17) is 0 Å². The van der Waals surface area contributed by atoms with Crippen molar-refractivity contribution in [1.29, 1.82) is 0 Å². The molecule has 0 bridgehead atoms. The van der Waals surface area contributed by atoms with Crippen molar-refractivity contribution in [2.75, 3.05) is 18.1 Å². The molecule has 7 nitrogen and oxygen atoms in total. The van der Waals surface area contributed by atoms with Crippen LogP contribution in [0.1, 0.15) is 36.1 Å². The number of allylic oxidation sites excluding steroid dienone is 1. The second kappa shape index (κ2) is 10.2. The van der Waals surface area contributed by atoms with E-state index in [2.05, 4.69) is 16.9 Å². The Morgan fingerprint density at radius 3 is 2.62 bits per heavy atom. The minimum Gasteiger partial charge on any atom is -0.395 e. The van der Waals surface area contributed by atoms with Gasteiger partial charge in [-0.3, -0.25) is 9.48 Å². The predicted molar refractivity (Wildman–Crippen MR) is 131 cm³/mol. The molecule has 176 valence electrons.